The molecule has 0 heterocycles. The number of benzene rings is 1. The lowest BCUT2D eigenvalue weighted by molar-refractivity contribution is -0.384. The zero-order valence-electron chi connectivity index (χ0n) is 10.7. The zero-order chi connectivity index (χ0) is 14.1. The molecule has 0 saturated heterocycles. The van der Waals surface area contributed by atoms with Crippen molar-refractivity contribution >= 4 is 29.0 Å². The van der Waals surface area contributed by atoms with Crippen LogP contribution in [0.4, 0.5) is 11.4 Å². The molecule has 1 amide bonds. The van der Waals surface area contributed by atoms with Crippen molar-refractivity contribution in [2.75, 3.05) is 30.4 Å². The highest BCUT2D eigenvalue weighted by atomic mass is 32.2. The Morgan fingerprint density at radius 2 is 2.11 bits per heavy atom. The quantitative estimate of drug-likeness (QED) is 0.432. The molecule has 0 aliphatic rings. The van der Waals surface area contributed by atoms with Crippen LogP contribution in [0.5, 0.6) is 0 Å². The van der Waals surface area contributed by atoms with Crippen LogP contribution in [0.2, 0.25) is 0 Å². The van der Waals surface area contributed by atoms with Gasteiger partial charge in [-0.2, -0.15) is 11.8 Å². The van der Waals surface area contributed by atoms with Gasteiger partial charge in [-0.05, 0) is 12.3 Å². The van der Waals surface area contributed by atoms with Crippen molar-refractivity contribution in [1.82, 2.24) is 5.32 Å². The maximum Gasteiger partial charge on any atom is 0.292 e. The number of nitrogens with one attached hydrogen (secondary N) is 2. The van der Waals surface area contributed by atoms with E-state index in [1.54, 1.807) is 30.0 Å². The molecule has 0 aliphatic carbocycles. The molecule has 1 aromatic rings. The van der Waals surface area contributed by atoms with E-state index in [4.69, 9.17) is 0 Å². The summed E-state index contributed by atoms with van der Waals surface area (Å²) in [6, 6.07) is 6.44. The average Bonchev–Trinajstić information content (AvgIpc) is 2.41. The van der Waals surface area contributed by atoms with Gasteiger partial charge in [-0.3, -0.25) is 14.9 Å². The fraction of sp³-hybridized carbons (Fsp3) is 0.417. The molecule has 1 rings (SSSR count). The molecule has 104 valence electrons. The Hall–Kier alpha value is -1.76. The molecule has 0 saturated carbocycles. The van der Waals surface area contributed by atoms with Crippen molar-refractivity contribution in [3.8, 4) is 0 Å². The minimum Gasteiger partial charge on any atom is -0.378 e. The molecular weight excluding hydrogens is 266 g/mol. The van der Waals surface area contributed by atoms with Gasteiger partial charge in [0.1, 0.15) is 5.69 Å². The molecule has 0 radical (unpaired) electrons. The van der Waals surface area contributed by atoms with Gasteiger partial charge < -0.3 is 10.6 Å². The van der Waals surface area contributed by atoms with Crippen molar-refractivity contribution in [3.05, 3.63) is 34.4 Å². The summed E-state index contributed by atoms with van der Waals surface area (Å²) in [4.78, 5) is 21.7. The van der Waals surface area contributed by atoms with E-state index >= 15 is 0 Å². The van der Waals surface area contributed by atoms with Crippen LogP contribution in [0.25, 0.3) is 0 Å². The Kier molecular flexibility index (Phi) is 6.73. The van der Waals surface area contributed by atoms with Crippen LogP contribution in [0.3, 0.4) is 0 Å². The number of carbonyl (C=O) groups excluding carboxylic acids is 1. The fourth-order valence-corrected chi connectivity index (χ4v) is 1.85. The van der Waals surface area contributed by atoms with Gasteiger partial charge in [0.2, 0.25) is 5.91 Å². The van der Waals surface area contributed by atoms with Crippen LogP contribution in [0.15, 0.2) is 24.3 Å². The summed E-state index contributed by atoms with van der Waals surface area (Å²) in [7, 11) is 0. The number of carbonyl (C=O) groups is 1. The molecule has 0 atom stereocenters. The molecule has 0 unspecified atom stereocenters. The van der Waals surface area contributed by atoms with Gasteiger partial charge in [-0.1, -0.05) is 12.1 Å². The summed E-state index contributed by atoms with van der Waals surface area (Å²) < 4.78 is 0. The highest BCUT2D eigenvalue weighted by Gasteiger charge is 2.11. The number of nitro groups is 1. The molecule has 6 nitrogen and oxygen atoms in total. The number of para-hydroxylation sites is 2. The van der Waals surface area contributed by atoms with E-state index in [-0.39, 0.29) is 11.6 Å². The second kappa shape index (κ2) is 8.36. The normalized spacial score (nSPS) is 9.95. The van der Waals surface area contributed by atoms with Crippen LogP contribution in [0.1, 0.15) is 6.42 Å². The average molecular weight is 283 g/mol. The Morgan fingerprint density at radius 3 is 2.79 bits per heavy atom. The van der Waals surface area contributed by atoms with Crippen LogP contribution in [-0.4, -0.2) is 35.9 Å². The Labute approximate surface area is 116 Å². The minimum atomic E-state index is -0.431. The summed E-state index contributed by atoms with van der Waals surface area (Å²) in [5.41, 5.74) is 0.502. The molecule has 7 heteroatoms. The first-order valence-electron chi connectivity index (χ1n) is 5.88. The van der Waals surface area contributed by atoms with Crippen molar-refractivity contribution in [1.29, 1.82) is 0 Å². The van der Waals surface area contributed by atoms with E-state index < -0.39 is 4.92 Å². The van der Waals surface area contributed by atoms with Crippen molar-refractivity contribution in [3.63, 3.8) is 0 Å². The third-order valence-electron chi connectivity index (χ3n) is 2.40. The molecule has 1 aromatic carbocycles. The lowest BCUT2D eigenvalue weighted by Crippen LogP contribution is -2.29. The van der Waals surface area contributed by atoms with Crippen LogP contribution >= 0.6 is 11.8 Å². The maximum atomic E-state index is 11.3. The topological polar surface area (TPSA) is 84.3 Å². The molecule has 0 aliphatic heterocycles. The molecular formula is C12H17N3O3S. The predicted octanol–water partition coefficient (Wildman–Crippen LogP) is 1.88. The van der Waals surface area contributed by atoms with Gasteiger partial charge >= 0.3 is 0 Å². The summed E-state index contributed by atoms with van der Waals surface area (Å²) >= 11 is 1.62. The SMILES string of the molecule is CSCCC(=O)NCCNc1ccccc1[N+](=O)[O-]. The predicted molar refractivity (Wildman–Crippen MR) is 77.6 cm³/mol. The van der Waals surface area contributed by atoms with Gasteiger partial charge in [-0.15, -0.1) is 0 Å². The van der Waals surface area contributed by atoms with E-state index in [1.165, 1.54) is 6.07 Å². The number of nitrogens with zero attached hydrogens (tertiary/aromatic N) is 1. The third kappa shape index (κ3) is 5.60. The zero-order valence-corrected chi connectivity index (χ0v) is 11.5. The Bertz CT molecular complexity index is 440. The van der Waals surface area contributed by atoms with Gasteiger partial charge in [0.25, 0.3) is 5.69 Å². The van der Waals surface area contributed by atoms with E-state index in [0.717, 1.165) is 5.75 Å². The summed E-state index contributed by atoms with van der Waals surface area (Å²) in [6.07, 6.45) is 2.44. The Balaban J connectivity index is 2.33. The monoisotopic (exact) mass is 283 g/mol. The largest absolute Gasteiger partial charge is 0.378 e. The number of nitro benzene ring substituents is 1. The second-order valence-corrected chi connectivity index (χ2v) is 4.78. The highest BCUT2D eigenvalue weighted by molar-refractivity contribution is 7.98. The molecule has 2 N–H and O–H groups in total. The number of thioether (sulfide) groups is 1. The fourth-order valence-electron chi connectivity index (χ4n) is 1.46. The lowest BCUT2D eigenvalue weighted by Gasteiger charge is -2.08. The molecule has 19 heavy (non-hydrogen) atoms. The first kappa shape index (κ1) is 15.3. The number of amides is 1. The molecule has 0 spiro atoms. The van der Waals surface area contributed by atoms with Crippen LogP contribution < -0.4 is 10.6 Å². The summed E-state index contributed by atoms with van der Waals surface area (Å²) in [6.45, 7) is 0.898. The van der Waals surface area contributed by atoms with Gasteiger partial charge in [-0.25, -0.2) is 0 Å². The summed E-state index contributed by atoms with van der Waals surface area (Å²) in [5.74, 6) is 0.794. The summed E-state index contributed by atoms with van der Waals surface area (Å²) in [5, 5.41) is 16.5. The van der Waals surface area contributed by atoms with E-state index in [9.17, 15) is 14.9 Å². The number of rotatable bonds is 8. The Morgan fingerprint density at radius 1 is 1.37 bits per heavy atom. The van der Waals surface area contributed by atoms with Gasteiger partial charge in [0, 0.05) is 31.3 Å². The van der Waals surface area contributed by atoms with Crippen molar-refractivity contribution in [2.45, 2.75) is 6.42 Å². The molecule has 0 bridgehead atoms. The molecule has 0 fully saturated rings. The van der Waals surface area contributed by atoms with Gasteiger partial charge in [0.05, 0.1) is 4.92 Å². The van der Waals surface area contributed by atoms with Crippen LogP contribution in [-0.2, 0) is 4.79 Å². The number of hydrogen-bond acceptors (Lipinski definition) is 5. The maximum absolute atomic E-state index is 11.3. The standard InChI is InChI=1S/C12H17N3O3S/c1-19-9-6-12(16)14-8-7-13-10-4-2-3-5-11(10)15(17)18/h2-5,13H,6-9H2,1H3,(H,14,16). The van der Waals surface area contributed by atoms with Crippen molar-refractivity contribution < 1.29 is 9.72 Å². The first-order valence-corrected chi connectivity index (χ1v) is 7.27. The lowest BCUT2D eigenvalue weighted by atomic mass is 10.2. The molecule has 0 aromatic heterocycles. The first-order chi connectivity index (χ1) is 9.15. The van der Waals surface area contributed by atoms with Gasteiger partial charge in [0.15, 0.2) is 0 Å². The second-order valence-electron chi connectivity index (χ2n) is 3.79. The highest BCUT2D eigenvalue weighted by Crippen LogP contribution is 2.22. The third-order valence-corrected chi connectivity index (χ3v) is 3.01. The van der Waals surface area contributed by atoms with Crippen LogP contribution in [0, 0.1) is 10.1 Å². The van der Waals surface area contributed by atoms with E-state index in [2.05, 4.69) is 10.6 Å². The van der Waals surface area contributed by atoms with Crippen molar-refractivity contribution in [2.24, 2.45) is 0 Å². The van der Waals surface area contributed by atoms with E-state index in [0.29, 0.717) is 25.2 Å². The minimum absolute atomic E-state index is 0.00119. The van der Waals surface area contributed by atoms with E-state index in [1.807, 2.05) is 6.26 Å². The number of anilines is 1. The number of hydrogen-bond donors (Lipinski definition) is 2. The smallest absolute Gasteiger partial charge is 0.292 e.